The fourth-order valence-corrected chi connectivity index (χ4v) is 5.45. The van der Waals surface area contributed by atoms with Gasteiger partial charge in [0.15, 0.2) is 0 Å². The van der Waals surface area contributed by atoms with E-state index in [0.29, 0.717) is 12.8 Å². The summed E-state index contributed by atoms with van der Waals surface area (Å²) in [6.07, 6.45) is 53.1. The molecule has 9 nitrogen and oxygen atoms in total. The summed E-state index contributed by atoms with van der Waals surface area (Å²) < 4.78 is 26.8. The average molecular weight is 786 g/mol. The molecule has 0 saturated carbocycles. The first-order valence-corrected chi connectivity index (χ1v) is 21.9. The van der Waals surface area contributed by atoms with E-state index in [0.717, 1.165) is 96.3 Å². The quantitative estimate of drug-likeness (QED) is 0.0248. The van der Waals surface area contributed by atoms with E-state index in [1.165, 1.54) is 0 Å². The minimum atomic E-state index is -4.44. The van der Waals surface area contributed by atoms with Crippen molar-refractivity contribution in [3.63, 3.8) is 0 Å². The van der Waals surface area contributed by atoms with Crippen LogP contribution in [-0.2, 0) is 27.9 Å². The summed E-state index contributed by atoms with van der Waals surface area (Å²) >= 11 is 0. The molecule has 10 heteroatoms. The van der Waals surface area contributed by atoms with Crippen molar-refractivity contribution in [2.45, 2.75) is 136 Å². The van der Waals surface area contributed by atoms with E-state index in [2.05, 4.69) is 129 Å². The lowest BCUT2D eigenvalue weighted by Gasteiger charge is -2.15. The fourth-order valence-electron chi connectivity index (χ4n) is 4.69. The maximum absolute atomic E-state index is 12.1. The molecule has 0 aromatic heterocycles. The van der Waals surface area contributed by atoms with Gasteiger partial charge in [-0.05, 0) is 96.3 Å². The molecular weight excluding hydrogens is 713 g/mol. The number of phosphoric ester groups is 1. The summed E-state index contributed by atoms with van der Waals surface area (Å²) in [6, 6.07) is 0. The molecule has 0 aliphatic rings. The normalized spacial score (nSPS) is 14.5. The predicted octanol–water partition coefficient (Wildman–Crippen LogP) is 11.2. The minimum absolute atomic E-state index is 0.0465. The number of hydrogen-bond acceptors (Lipinski definition) is 7. The number of ether oxygens (including phenoxy) is 1. The molecule has 0 heterocycles. The standard InChI is InChI=1S/C45H72NO8P/c1-3-5-7-9-11-13-15-17-18-19-20-21-22-23-24-26-27-29-31-33-35-37-44(48)46-39-40-53-55(50,51)54-42-43(47)41-52-45(49)38-36-34-32-30-28-25-16-14-12-10-8-6-4-2/h5-8,11-14,17-18,20-21,23-25,27-29,43,47H,3-4,9-10,15-16,19,22,26,30-42H2,1-2H3,(H,46,48)(H,50,51)/b7-5-,8-6-,13-11-,14-12-,18-17-,21-20-,24-23-,28-25-,29-27-. The van der Waals surface area contributed by atoms with Gasteiger partial charge in [0.05, 0.1) is 13.2 Å². The number of allylic oxidation sites excluding steroid dienone is 18. The Kier molecular flexibility index (Phi) is 37.9. The number of carbonyl (C=O) groups is 2. The summed E-state index contributed by atoms with van der Waals surface area (Å²) in [7, 11) is -4.44. The van der Waals surface area contributed by atoms with E-state index in [4.69, 9.17) is 13.8 Å². The molecule has 3 N–H and O–H groups in total. The highest BCUT2D eigenvalue weighted by molar-refractivity contribution is 7.47. The smallest absolute Gasteiger partial charge is 0.463 e. The lowest BCUT2D eigenvalue weighted by atomic mass is 10.1. The highest BCUT2D eigenvalue weighted by Gasteiger charge is 2.23. The van der Waals surface area contributed by atoms with Crippen molar-refractivity contribution >= 4 is 19.7 Å². The summed E-state index contributed by atoms with van der Waals surface area (Å²) in [5.74, 6) is -0.603. The first kappa shape index (κ1) is 51.7. The lowest BCUT2D eigenvalue weighted by molar-refractivity contribution is -0.147. The molecule has 0 bridgehead atoms. The van der Waals surface area contributed by atoms with Crippen LogP contribution in [0.15, 0.2) is 109 Å². The molecule has 0 spiro atoms. The monoisotopic (exact) mass is 785 g/mol. The van der Waals surface area contributed by atoms with Crippen LogP contribution in [0.4, 0.5) is 0 Å². The Morgan fingerprint density at radius 3 is 1.45 bits per heavy atom. The Morgan fingerprint density at radius 2 is 0.982 bits per heavy atom. The van der Waals surface area contributed by atoms with Crippen LogP contribution in [0.25, 0.3) is 0 Å². The largest absolute Gasteiger partial charge is 0.472 e. The molecule has 0 aliphatic carbocycles. The van der Waals surface area contributed by atoms with Gasteiger partial charge in [0.25, 0.3) is 0 Å². The van der Waals surface area contributed by atoms with Gasteiger partial charge in [0, 0.05) is 19.4 Å². The Balaban J connectivity index is 3.76. The molecule has 2 unspecified atom stereocenters. The predicted molar refractivity (Wildman–Crippen MR) is 228 cm³/mol. The van der Waals surface area contributed by atoms with Crippen LogP contribution in [0.5, 0.6) is 0 Å². The van der Waals surface area contributed by atoms with Crippen molar-refractivity contribution < 1.29 is 37.9 Å². The molecule has 310 valence electrons. The maximum atomic E-state index is 12.1. The number of aliphatic hydroxyl groups excluding tert-OH is 1. The van der Waals surface area contributed by atoms with Crippen LogP contribution < -0.4 is 5.32 Å². The number of nitrogens with one attached hydrogen (secondary N) is 1. The number of phosphoric acid groups is 1. The topological polar surface area (TPSA) is 131 Å². The summed E-state index contributed by atoms with van der Waals surface area (Å²) in [6.45, 7) is 3.19. The van der Waals surface area contributed by atoms with Gasteiger partial charge in [0.1, 0.15) is 12.7 Å². The number of esters is 1. The zero-order valence-corrected chi connectivity index (χ0v) is 34.7. The van der Waals surface area contributed by atoms with Crippen molar-refractivity contribution in [2.24, 2.45) is 0 Å². The summed E-state index contributed by atoms with van der Waals surface area (Å²) in [5, 5.41) is 12.6. The highest BCUT2D eigenvalue weighted by Crippen LogP contribution is 2.42. The molecule has 2 atom stereocenters. The van der Waals surface area contributed by atoms with Crippen molar-refractivity contribution in [3.05, 3.63) is 109 Å². The van der Waals surface area contributed by atoms with Crippen molar-refractivity contribution in [3.8, 4) is 0 Å². The third-order valence-electron chi connectivity index (χ3n) is 7.70. The molecule has 0 saturated heterocycles. The summed E-state index contributed by atoms with van der Waals surface area (Å²) in [4.78, 5) is 33.8. The van der Waals surface area contributed by atoms with E-state index in [-0.39, 0.29) is 32.1 Å². The van der Waals surface area contributed by atoms with E-state index < -0.39 is 26.5 Å². The molecule has 55 heavy (non-hydrogen) atoms. The number of amides is 1. The van der Waals surface area contributed by atoms with Gasteiger partial charge in [-0.1, -0.05) is 130 Å². The Hall–Kier alpha value is -3.33. The van der Waals surface area contributed by atoms with Gasteiger partial charge in [-0.2, -0.15) is 0 Å². The van der Waals surface area contributed by atoms with Gasteiger partial charge in [-0.3, -0.25) is 18.6 Å². The zero-order valence-electron chi connectivity index (χ0n) is 33.8. The molecule has 1 amide bonds. The van der Waals surface area contributed by atoms with E-state index in [9.17, 15) is 24.2 Å². The number of hydrogen-bond donors (Lipinski definition) is 3. The van der Waals surface area contributed by atoms with Gasteiger partial charge >= 0.3 is 13.8 Å². The minimum Gasteiger partial charge on any atom is -0.463 e. The van der Waals surface area contributed by atoms with Crippen LogP contribution >= 0.6 is 7.82 Å². The van der Waals surface area contributed by atoms with E-state index >= 15 is 0 Å². The first-order valence-electron chi connectivity index (χ1n) is 20.4. The SMILES string of the molecule is CC/C=C\C/C=C\C/C=C\C/C=C\C/C=C\C/C=C\CCCCC(=O)NCCOP(=O)(O)OCC(O)COC(=O)CCCCC/C=C\C/C=C\C/C=C\CC. The van der Waals surface area contributed by atoms with Crippen LogP contribution in [0.2, 0.25) is 0 Å². The second-order valence-electron chi connectivity index (χ2n) is 12.8. The first-order chi connectivity index (χ1) is 26.8. The van der Waals surface area contributed by atoms with E-state index in [1.54, 1.807) is 0 Å². The van der Waals surface area contributed by atoms with Crippen molar-refractivity contribution in [1.82, 2.24) is 5.32 Å². The van der Waals surface area contributed by atoms with Crippen LogP contribution in [-0.4, -0.2) is 54.3 Å². The lowest BCUT2D eigenvalue weighted by Crippen LogP contribution is -2.27. The van der Waals surface area contributed by atoms with Crippen molar-refractivity contribution in [2.75, 3.05) is 26.4 Å². The van der Waals surface area contributed by atoms with Gasteiger partial charge < -0.3 is 20.1 Å². The third-order valence-corrected chi connectivity index (χ3v) is 8.68. The van der Waals surface area contributed by atoms with E-state index in [1.807, 2.05) is 0 Å². The molecule has 0 fully saturated rings. The molecule has 0 rings (SSSR count). The number of unbranched alkanes of at least 4 members (excludes halogenated alkanes) is 5. The maximum Gasteiger partial charge on any atom is 0.472 e. The zero-order chi connectivity index (χ0) is 40.3. The average Bonchev–Trinajstić information content (AvgIpc) is 3.17. The Bertz CT molecular complexity index is 1260. The van der Waals surface area contributed by atoms with Gasteiger partial charge in [-0.15, -0.1) is 0 Å². The molecule has 0 radical (unpaired) electrons. The number of rotatable bonds is 36. The Labute approximate surface area is 333 Å². The second kappa shape index (κ2) is 40.3. The molecule has 0 aromatic rings. The van der Waals surface area contributed by atoms with Crippen LogP contribution in [0.1, 0.15) is 129 Å². The third kappa shape index (κ3) is 41.7. The second-order valence-corrected chi connectivity index (χ2v) is 14.3. The van der Waals surface area contributed by atoms with Gasteiger partial charge in [-0.25, -0.2) is 4.57 Å². The molecule has 0 aromatic carbocycles. The van der Waals surface area contributed by atoms with Gasteiger partial charge in [0.2, 0.25) is 5.91 Å². The molecule has 0 aliphatic heterocycles. The number of carbonyl (C=O) groups excluding carboxylic acids is 2. The van der Waals surface area contributed by atoms with Crippen LogP contribution in [0.3, 0.4) is 0 Å². The fraction of sp³-hybridized carbons (Fsp3) is 0.556. The van der Waals surface area contributed by atoms with Crippen LogP contribution in [0, 0.1) is 0 Å². The van der Waals surface area contributed by atoms with Crippen molar-refractivity contribution in [1.29, 1.82) is 0 Å². The summed E-state index contributed by atoms with van der Waals surface area (Å²) in [5.41, 5.74) is 0. The number of aliphatic hydroxyl groups is 1. The highest BCUT2D eigenvalue weighted by atomic mass is 31.2. The molecular formula is C45H72NO8P. The Morgan fingerprint density at radius 1 is 0.564 bits per heavy atom.